The van der Waals surface area contributed by atoms with Crippen LogP contribution in [0.15, 0.2) is 42.5 Å². The third-order valence-corrected chi connectivity index (χ3v) is 3.40. The molecule has 0 atom stereocenters. The summed E-state index contributed by atoms with van der Waals surface area (Å²) in [5.74, 6) is 1.40. The van der Waals surface area contributed by atoms with E-state index in [1.54, 1.807) is 7.11 Å². The summed E-state index contributed by atoms with van der Waals surface area (Å²) in [5, 5.41) is 0. The molecule has 2 aromatic carbocycles. The van der Waals surface area contributed by atoms with Gasteiger partial charge in [-0.1, -0.05) is 37.3 Å². The minimum atomic E-state index is 0.518. The van der Waals surface area contributed by atoms with Gasteiger partial charge >= 0.3 is 0 Å². The number of hydrogen-bond donors (Lipinski definition) is 0. The molecule has 0 fully saturated rings. The van der Waals surface area contributed by atoms with Crippen LogP contribution < -0.4 is 4.74 Å². The molecule has 1 nitrogen and oxygen atoms in total. The van der Waals surface area contributed by atoms with E-state index in [0.29, 0.717) is 5.88 Å². The molecule has 0 aliphatic heterocycles. The van der Waals surface area contributed by atoms with Gasteiger partial charge in [0.1, 0.15) is 5.75 Å². The maximum Gasteiger partial charge on any atom is 0.126 e. The van der Waals surface area contributed by atoms with Gasteiger partial charge in [0.25, 0.3) is 0 Å². The summed E-state index contributed by atoms with van der Waals surface area (Å²) in [4.78, 5) is 0. The maximum atomic E-state index is 5.89. The molecular weight excluding hydrogens is 244 g/mol. The van der Waals surface area contributed by atoms with E-state index < -0.39 is 0 Å². The highest BCUT2D eigenvalue weighted by atomic mass is 35.5. The summed E-state index contributed by atoms with van der Waals surface area (Å²) in [5.41, 5.74) is 4.70. The van der Waals surface area contributed by atoms with Crippen LogP contribution in [0.4, 0.5) is 0 Å². The first-order valence-corrected chi connectivity index (χ1v) is 6.64. The SMILES string of the molecule is CCc1ccc(-c2cc(CCl)ccc2OC)cc1. The molecule has 0 aliphatic carbocycles. The molecule has 0 amide bonds. The van der Waals surface area contributed by atoms with E-state index in [-0.39, 0.29) is 0 Å². The predicted octanol–water partition coefficient (Wildman–Crippen LogP) is 4.66. The second kappa shape index (κ2) is 5.92. The van der Waals surface area contributed by atoms with Crippen LogP contribution >= 0.6 is 11.6 Å². The van der Waals surface area contributed by atoms with E-state index in [1.165, 1.54) is 5.56 Å². The number of rotatable bonds is 4. The van der Waals surface area contributed by atoms with Crippen molar-refractivity contribution in [2.24, 2.45) is 0 Å². The Morgan fingerprint density at radius 2 is 1.67 bits per heavy atom. The fraction of sp³-hybridized carbons (Fsp3) is 0.250. The lowest BCUT2D eigenvalue weighted by Crippen LogP contribution is -1.90. The minimum absolute atomic E-state index is 0.518. The number of alkyl halides is 1. The van der Waals surface area contributed by atoms with Crippen molar-refractivity contribution >= 4 is 11.6 Å². The zero-order valence-corrected chi connectivity index (χ0v) is 11.5. The lowest BCUT2D eigenvalue weighted by Gasteiger charge is -2.10. The molecule has 0 unspecified atom stereocenters. The molecule has 0 aliphatic rings. The standard InChI is InChI=1S/C16H17ClO/c1-3-12-4-7-14(8-5-12)15-10-13(11-17)6-9-16(15)18-2/h4-10H,3,11H2,1-2H3. The Morgan fingerprint density at radius 1 is 1.00 bits per heavy atom. The summed E-state index contributed by atoms with van der Waals surface area (Å²) in [6.07, 6.45) is 1.05. The molecular formula is C16H17ClO. The van der Waals surface area contributed by atoms with Crippen LogP contribution in [-0.4, -0.2) is 7.11 Å². The van der Waals surface area contributed by atoms with E-state index in [4.69, 9.17) is 16.3 Å². The normalized spacial score (nSPS) is 10.4. The zero-order chi connectivity index (χ0) is 13.0. The highest BCUT2D eigenvalue weighted by Gasteiger charge is 2.06. The first-order valence-electron chi connectivity index (χ1n) is 6.10. The molecule has 2 aromatic rings. The molecule has 0 aromatic heterocycles. The van der Waals surface area contributed by atoms with Gasteiger partial charge < -0.3 is 4.74 Å². The quantitative estimate of drug-likeness (QED) is 0.727. The highest BCUT2D eigenvalue weighted by Crippen LogP contribution is 2.31. The van der Waals surface area contributed by atoms with Gasteiger partial charge in [-0.15, -0.1) is 11.6 Å². The largest absolute Gasteiger partial charge is 0.496 e. The molecule has 0 saturated carbocycles. The number of benzene rings is 2. The minimum Gasteiger partial charge on any atom is -0.496 e. The van der Waals surface area contributed by atoms with E-state index >= 15 is 0 Å². The van der Waals surface area contributed by atoms with Gasteiger partial charge in [-0.05, 0) is 35.2 Å². The second-order valence-corrected chi connectivity index (χ2v) is 4.49. The topological polar surface area (TPSA) is 9.23 Å². The fourth-order valence-electron chi connectivity index (χ4n) is 1.98. The molecule has 0 saturated heterocycles. The van der Waals surface area contributed by atoms with E-state index in [2.05, 4.69) is 37.3 Å². The van der Waals surface area contributed by atoms with Crippen LogP contribution in [0.1, 0.15) is 18.1 Å². The van der Waals surface area contributed by atoms with Crippen LogP contribution in [0, 0.1) is 0 Å². The monoisotopic (exact) mass is 260 g/mol. The molecule has 0 heterocycles. The van der Waals surface area contributed by atoms with Crippen molar-refractivity contribution in [3.63, 3.8) is 0 Å². The summed E-state index contributed by atoms with van der Waals surface area (Å²) >= 11 is 5.89. The van der Waals surface area contributed by atoms with Crippen molar-refractivity contribution in [2.45, 2.75) is 19.2 Å². The van der Waals surface area contributed by atoms with Crippen LogP contribution in [0.2, 0.25) is 0 Å². The Balaban J connectivity index is 2.46. The van der Waals surface area contributed by atoms with Crippen molar-refractivity contribution in [3.05, 3.63) is 53.6 Å². The fourth-order valence-corrected chi connectivity index (χ4v) is 2.15. The summed E-state index contributed by atoms with van der Waals surface area (Å²) in [6.45, 7) is 2.16. The van der Waals surface area contributed by atoms with Crippen molar-refractivity contribution in [2.75, 3.05) is 7.11 Å². The van der Waals surface area contributed by atoms with Crippen LogP contribution in [-0.2, 0) is 12.3 Å². The third-order valence-electron chi connectivity index (χ3n) is 3.09. The average Bonchev–Trinajstić information content (AvgIpc) is 2.46. The molecule has 0 N–H and O–H groups in total. The van der Waals surface area contributed by atoms with Crippen molar-refractivity contribution < 1.29 is 4.74 Å². The van der Waals surface area contributed by atoms with Gasteiger partial charge in [0.15, 0.2) is 0 Å². The maximum absolute atomic E-state index is 5.89. The number of aryl methyl sites for hydroxylation is 1. The predicted molar refractivity (Wildman–Crippen MR) is 77.4 cm³/mol. The Morgan fingerprint density at radius 3 is 2.22 bits per heavy atom. The molecule has 0 bridgehead atoms. The summed E-state index contributed by atoms with van der Waals surface area (Å²) in [6, 6.07) is 14.6. The molecule has 2 heteroatoms. The second-order valence-electron chi connectivity index (χ2n) is 4.22. The van der Waals surface area contributed by atoms with Gasteiger partial charge in [0.05, 0.1) is 7.11 Å². The smallest absolute Gasteiger partial charge is 0.126 e. The molecule has 18 heavy (non-hydrogen) atoms. The number of halogens is 1. The molecule has 0 spiro atoms. The van der Waals surface area contributed by atoms with Gasteiger partial charge in [-0.2, -0.15) is 0 Å². The first kappa shape index (κ1) is 13.0. The van der Waals surface area contributed by atoms with E-state index in [1.807, 2.05) is 12.1 Å². The third kappa shape index (κ3) is 2.68. The van der Waals surface area contributed by atoms with Crippen LogP contribution in [0.3, 0.4) is 0 Å². The Kier molecular flexibility index (Phi) is 4.27. The molecule has 2 rings (SSSR count). The van der Waals surface area contributed by atoms with Crippen molar-refractivity contribution in [1.82, 2.24) is 0 Å². The average molecular weight is 261 g/mol. The number of methoxy groups -OCH3 is 1. The zero-order valence-electron chi connectivity index (χ0n) is 10.7. The van der Waals surface area contributed by atoms with Crippen LogP contribution in [0.25, 0.3) is 11.1 Å². The van der Waals surface area contributed by atoms with Gasteiger partial charge in [0.2, 0.25) is 0 Å². The van der Waals surface area contributed by atoms with Gasteiger partial charge in [-0.25, -0.2) is 0 Å². The number of hydrogen-bond acceptors (Lipinski definition) is 1. The number of ether oxygens (including phenoxy) is 1. The summed E-state index contributed by atoms with van der Waals surface area (Å²) in [7, 11) is 1.69. The van der Waals surface area contributed by atoms with Crippen molar-refractivity contribution in [1.29, 1.82) is 0 Å². The van der Waals surface area contributed by atoms with E-state index in [0.717, 1.165) is 28.9 Å². The molecule has 94 valence electrons. The van der Waals surface area contributed by atoms with Gasteiger partial charge in [0, 0.05) is 11.4 Å². The Hall–Kier alpha value is -1.47. The lowest BCUT2D eigenvalue weighted by atomic mass is 10.0. The highest BCUT2D eigenvalue weighted by molar-refractivity contribution is 6.17. The van der Waals surface area contributed by atoms with E-state index in [9.17, 15) is 0 Å². The Bertz CT molecular complexity index is 517. The first-order chi connectivity index (χ1) is 8.78. The Labute approximate surface area is 113 Å². The van der Waals surface area contributed by atoms with Gasteiger partial charge in [-0.3, -0.25) is 0 Å². The van der Waals surface area contributed by atoms with Crippen LogP contribution in [0.5, 0.6) is 5.75 Å². The molecule has 0 radical (unpaired) electrons. The lowest BCUT2D eigenvalue weighted by molar-refractivity contribution is 0.416. The summed E-state index contributed by atoms with van der Waals surface area (Å²) < 4.78 is 5.41. The van der Waals surface area contributed by atoms with Crippen molar-refractivity contribution in [3.8, 4) is 16.9 Å².